The third kappa shape index (κ3) is 4.91. The Bertz CT molecular complexity index is 428. The van der Waals surface area contributed by atoms with Gasteiger partial charge in [0.05, 0.1) is 0 Å². The molecular weight excluding hydrogens is 246 g/mol. The maximum absolute atomic E-state index is 11.2. The van der Waals surface area contributed by atoms with E-state index in [-0.39, 0.29) is 18.4 Å². The van der Waals surface area contributed by atoms with Gasteiger partial charge in [0.25, 0.3) is 0 Å². The van der Waals surface area contributed by atoms with Crippen LogP contribution in [-0.4, -0.2) is 32.1 Å². The molecule has 5 nitrogen and oxygen atoms in total. The quantitative estimate of drug-likeness (QED) is 0.712. The number of ether oxygens (including phenoxy) is 1. The van der Waals surface area contributed by atoms with Gasteiger partial charge in [-0.05, 0) is 24.1 Å². The molecule has 0 radical (unpaired) electrons. The molecule has 0 aliphatic rings. The SMILES string of the molecule is CNC(=O)CCC(C=O)c1ccc(OCC=O)cc1. The van der Waals surface area contributed by atoms with Gasteiger partial charge in [-0.15, -0.1) is 0 Å². The van der Waals surface area contributed by atoms with Crippen LogP contribution in [-0.2, 0) is 14.4 Å². The van der Waals surface area contributed by atoms with Gasteiger partial charge in [-0.3, -0.25) is 9.59 Å². The molecule has 0 aromatic heterocycles. The van der Waals surface area contributed by atoms with Crippen molar-refractivity contribution >= 4 is 18.5 Å². The van der Waals surface area contributed by atoms with Gasteiger partial charge < -0.3 is 14.8 Å². The van der Waals surface area contributed by atoms with Gasteiger partial charge in [-0.2, -0.15) is 0 Å². The topological polar surface area (TPSA) is 72.5 Å². The Morgan fingerprint density at radius 2 is 2.00 bits per heavy atom. The van der Waals surface area contributed by atoms with Crippen molar-refractivity contribution in [2.24, 2.45) is 0 Å². The highest BCUT2D eigenvalue weighted by Gasteiger charge is 2.12. The summed E-state index contributed by atoms with van der Waals surface area (Å²) in [7, 11) is 1.57. The van der Waals surface area contributed by atoms with Gasteiger partial charge in [0, 0.05) is 19.4 Å². The molecule has 0 saturated carbocycles. The van der Waals surface area contributed by atoms with Gasteiger partial charge in [-0.1, -0.05) is 12.1 Å². The minimum Gasteiger partial charge on any atom is -0.486 e. The zero-order valence-electron chi connectivity index (χ0n) is 10.8. The molecule has 0 spiro atoms. The van der Waals surface area contributed by atoms with Crippen LogP contribution in [0, 0.1) is 0 Å². The second kappa shape index (κ2) is 8.02. The largest absolute Gasteiger partial charge is 0.486 e. The van der Waals surface area contributed by atoms with Gasteiger partial charge in [0.1, 0.15) is 18.6 Å². The maximum atomic E-state index is 11.2. The summed E-state index contributed by atoms with van der Waals surface area (Å²) >= 11 is 0. The van der Waals surface area contributed by atoms with Crippen LogP contribution >= 0.6 is 0 Å². The molecule has 0 fully saturated rings. The monoisotopic (exact) mass is 263 g/mol. The first-order chi connectivity index (χ1) is 9.21. The second-order valence-electron chi connectivity index (χ2n) is 4.00. The van der Waals surface area contributed by atoms with Gasteiger partial charge >= 0.3 is 0 Å². The Hall–Kier alpha value is -2.17. The Balaban J connectivity index is 2.62. The number of carbonyl (C=O) groups is 3. The summed E-state index contributed by atoms with van der Waals surface area (Å²) in [6.45, 7) is 0.00707. The average molecular weight is 263 g/mol. The highest BCUT2D eigenvalue weighted by Crippen LogP contribution is 2.22. The average Bonchev–Trinajstić information content (AvgIpc) is 2.46. The molecule has 1 aromatic carbocycles. The van der Waals surface area contributed by atoms with E-state index in [2.05, 4.69) is 5.32 Å². The predicted molar refractivity (Wildman–Crippen MR) is 70.1 cm³/mol. The van der Waals surface area contributed by atoms with Crippen LogP contribution in [0.3, 0.4) is 0 Å². The summed E-state index contributed by atoms with van der Waals surface area (Å²) in [5.74, 6) is 0.182. The summed E-state index contributed by atoms with van der Waals surface area (Å²) in [6.07, 6.45) is 2.29. The van der Waals surface area contributed by atoms with Crippen molar-refractivity contribution in [3.63, 3.8) is 0 Å². The molecule has 1 rings (SSSR count). The molecule has 1 amide bonds. The Kier molecular flexibility index (Phi) is 6.29. The zero-order chi connectivity index (χ0) is 14.1. The first-order valence-corrected chi connectivity index (χ1v) is 6.03. The maximum Gasteiger partial charge on any atom is 0.219 e. The zero-order valence-corrected chi connectivity index (χ0v) is 10.8. The second-order valence-corrected chi connectivity index (χ2v) is 4.00. The Morgan fingerprint density at radius 1 is 1.32 bits per heavy atom. The molecule has 5 heteroatoms. The van der Waals surface area contributed by atoms with E-state index in [1.165, 1.54) is 0 Å². The van der Waals surface area contributed by atoms with Crippen LogP contribution < -0.4 is 10.1 Å². The number of benzene rings is 1. The minimum absolute atomic E-state index is 0.00707. The number of rotatable bonds is 8. The van der Waals surface area contributed by atoms with E-state index >= 15 is 0 Å². The molecule has 0 saturated heterocycles. The summed E-state index contributed by atoms with van der Waals surface area (Å²) in [4.78, 5) is 32.4. The van der Waals surface area contributed by atoms with Crippen LogP contribution in [0.5, 0.6) is 5.75 Å². The molecule has 1 aromatic rings. The van der Waals surface area contributed by atoms with Gasteiger partial charge in [0.2, 0.25) is 5.91 Å². The highest BCUT2D eigenvalue weighted by molar-refractivity contribution is 5.76. The van der Waals surface area contributed by atoms with Crippen molar-refractivity contribution in [1.29, 1.82) is 0 Å². The minimum atomic E-state index is -0.308. The first kappa shape index (κ1) is 14.9. The van der Waals surface area contributed by atoms with Gasteiger partial charge in [0.15, 0.2) is 6.29 Å². The molecule has 102 valence electrons. The van der Waals surface area contributed by atoms with Crippen LogP contribution in [0.2, 0.25) is 0 Å². The number of amides is 1. The van der Waals surface area contributed by atoms with Crippen LogP contribution in [0.1, 0.15) is 24.3 Å². The lowest BCUT2D eigenvalue weighted by atomic mass is 9.95. The van der Waals surface area contributed by atoms with E-state index in [4.69, 9.17) is 4.74 Å². The lowest BCUT2D eigenvalue weighted by Crippen LogP contribution is -2.18. The molecule has 0 bridgehead atoms. The third-order valence-corrected chi connectivity index (χ3v) is 2.75. The Labute approximate surface area is 111 Å². The van der Waals surface area contributed by atoms with Crippen molar-refractivity contribution in [2.45, 2.75) is 18.8 Å². The fourth-order valence-corrected chi connectivity index (χ4v) is 1.67. The number of hydrogen-bond acceptors (Lipinski definition) is 4. The number of nitrogens with one attached hydrogen (secondary N) is 1. The van der Waals surface area contributed by atoms with Crippen molar-refractivity contribution in [3.8, 4) is 5.75 Å². The Morgan fingerprint density at radius 3 is 2.53 bits per heavy atom. The predicted octanol–water partition coefficient (Wildman–Crippen LogP) is 1.07. The van der Waals surface area contributed by atoms with E-state index in [1.807, 2.05) is 0 Å². The highest BCUT2D eigenvalue weighted by atomic mass is 16.5. The van der Waals surface area contributed by atoms with Crippen molar-refractivity contribution < 1.29 is 19.1 Å². The van der Waals surface area contributed by atoms with Crippen LogP contribution in [0.15, 0.2) is 24.3 Å². The smallest absolute Gasteiger partial charge is 0.219 e. The first-order valence-electron chi connectivity index (χ1n) is 6.03. The summed E-state index contributed by atoms with van der Waals surface area (Å²) in [5.41, 5.74) is 0.831. The molecular formula is C14H17NO4. The van der Waals surface area contributed by atoms with E-state index in [0.717, 1.165) is 11.8 Å². The molecule has 1 unspecified atom stereocenters. The molecule has 0 aliphatic heterocycles. The summed E-state index contributed by atoms with van der Waals surface area (Å²) < 4.78 is 5.12. The molecule has 1 N–H and O–H groups in total. The molecule has 0 aliphatic carbocycles. The number of carbonyl (C=O) groups excluding carboxylic acids is 3. The third-order valence-electron chi connectivity index (χ3n) is 2.75. The number of aldehydes is 2. The lowest BCUT2D eigenvalue weighted by molar-refractivity contribution is -0.120. The summed E-state index contributed by atoms with van der Waals surface area (Å²) in [6, 6.07) is 6.94. The van der Waals surface area contributed by atoms with Crippen molar-refractivity contribution in [3.05, 3.63) is 29.8 Å². The number of hydrogen-bond donors (Lipinski definition) is 1. The normalized spacial score (nSPS) is 11.4. The lowest BCUT2D eigenvalue weighted by Gasteiger charge is -2.11. The molecule has 19 heavy (non-hydrogen) atoms. The molecule has 0 heterocycles. The van der Waals surface area contributed by atoms with E-state index in [0.29, 0.717) is 24.9 Å². The van der Waals surface area contributed by atoms with Crippen molar-refractivity contribution in [2.75, 3.05) is 13.7 Å². The standard InChI is InChI=1S/C14H17NO4/c1-15-14(18)7-4-12(10-17)11-2-5-13(6-3-11)19-9-8-16/h2-3,5-6,8,10,12H,4,7,9H2,1H3,(H,15,18). The summed E-state index contributed by atoms with van der Waals surface area (Å²) in [5, 5.41) is 2.52. The molecule has 1 atom stereocenters. The van der Waals surface area contributed by atoms with Crippen molar-refractivity contribution in [1.82, 2.24) is 5.32 Å². The fraction of sp³-hybridized carbons (Fsp3) is 0.357. The van der Waals surface area contributed by atoms with Crippen LogP contribution in [0.25, 0.3) is 0 Å². The fourth-order valence-electron chi connectivity index (χ4n) is 1.67. The van der Waals surface area contributed by atoms with E-state index < -0.39 is 0 Å². The van der Waals surface area contributed by atoms with Crippen LogP contribution in [0.4, 0.5) is 0 Å². The van der Waals surface area contributed by atoms with E-state index in [9.17, 15) is 14.4 Å². The van der Waals surface area contributed by atoms with Gasteiger partial charge in [-0.25, -0.2) is 0 Å². The van der Waals surface area contributed by atoms with E-state index in [1.54, 1.807) is 31.3 Å².